The van der Waals surface area contributed by atoms with Crippen LogP contribution in [0.1, 0.15) is 37.3 Å². The minimum absolute atomic E-state index is 0.160. The molecule has 2 aromatic carbocycles. The maximum atomic E-state index is 11.5. The summed E-state index contributed by atoms with van der Waals surface area (Å²) in [5.41, 5.74) is 2.83. The van der Waals surface area contributed by atoms with Gasteiger partial charge in [0.25, 0.3) is 0 Å². The van der Waals surface area contributed by atoms with Crippen LogP contribution >= 0.6 is 0 Å². The van der Waals surface area contributed by atoms with Crippen molar-refractivity contribution in [3.63, 3.8) is 0 Å². The van der Waals surface area contributed by atoms with Gasteiger partial charge in [0.15, 0.2) is 0 Å². The number of para-hydroxylation sites is 1. The number of likely N-dealkylation sites (tertiary alicyclic amines) is 1. The Morgan fingerprint density at radius 1 is 0.969 bits per heavy atom. The van der Waals surface area contributed by atoms with Crippen molar-refractivity contribution in [2.45, 2.75) is 49.9 Å². The van der Waals surface area contributed by atoms with Crippen LogP contribution in [-0.4, -0.2) is 48.9 Å². The Labute approximate surface area is 191 Å². The van der Waals surface area contributed by atoms with Gasteiger partial charge in [0.2, 0.25) is 10.0 Å². The lowest BCUT2D eigenvalue weighted by Gasteiger charge is -2.30. The van der Waals surface area contributed by atoms with Gasteiger partial charge in [0.1, 0.15) is 0 Å². The number of nitrogens with one attached hydrogen (secondary N) is 1. The summed E-state index contributed by atoms with van der Waals surface area (Å²) in [4.78, 5) is 2.51. The van der Waals surface area contributed by atoms with E-state index in [1.807, 2.05) is 18.2 Å². The fraction of sp³-hybridized carbons (Fsp3) is 0.538. The summed E-state index contributed by atoms with van der Waals surface area (Å²) >= 11 is 0. The molecule has 1 aliphatic heterocycles. The molecule has 0 spiro atoms. The molecule has 2 aromatic rings. The predicted octanol–water partition coefficient (Wildman–Crippen LogP) is 3.69. The van der Waals surface area contributed by atoms with Crippen molar-refractivity contribution < 1.29 is 13.5 Å². The standard InChI is InChI=1S/C17H23NO.C9H11NO2S/c1-2-14-15-9-18(10-16(14)15)11-17(19)7-12-5-3-4-6-13(12)8-17;11-13(12,9-6-7-9)10-8-4-2-1-3-5-8/h3-6,14-16,19H,2,7-11H2,1H3;1-5,9-10H,6-7H2. The Balaban J connectivity index is 0.000000146. The quantitative estimate of drug-likeness (QED) is 0.698. The molecule has 2 atom stereocenters. The molecule has 2 N–H and O–H groups in total. The fourth-order valence-corrected chi connectivity index (χ4v) is 7.19. The second-order valence-electron chi connectivity index (χ2n) is 10.2. The second-order valence-corrected chi connectivity index (χ2v) is 12.1. The number of rotatable bonds is 6. The number of β-amino-alcohol motifs (C(OH)–C–C–N with tert-alkyl or cyclic N) is 1. The Bertz CT molecular complexity index is 1010. The van der Waals surface area contributed by atoms with Crippen LogP contribution in [0.25, 0.3) is 0 Å². The summed E-state index contributed by atoms with van der Waals surface area (Å²) in [7, 11) is -3.09. The van der Waals surface area contributed by atoms with Crippen LogP contribution in [0.15, 0.2) is 54.6 Å². The first-order chi connectivity index (χ1) is 15.4. The van der Waals surface area contributed by atoms with Crippen molar-refractivity contribution in [1.29, 1.82) is 0 Å². The highest BCUT2D eigenvalue weighted by atomic mass is 32.2. The van der Waals surface area contributed by atoms with Gasteiger partial charge in [-0.25, -0.2) is 8.42 Å². The van der Waals surface area contributed by atoms with Crippen LogP contribution in [0, 0.1) is 17.8 Å². The zero-order valence-corrected chi connectivity index (χ0v) is 19.6. The molecule has 1 heterocycles. The number of benzene rings is 2. The molecule has 4 aliphatic rings. The third-order valence-corrected chi connectivity index (χ3v) is 9.46. The van der Waals surface area contributed by atoms with Crippen molar-refractivity contribution >= 4 is 15.7 Å². The van der Waals surface area contributed by atoms with Gasteiger partial charge in [-0.3, -0.25) is 9.62 Å². The SMILES string of the molecule is CCC1C2CN(CC3(O)Cc4ccccc4C3)CC12.O=S(=O)(Nc1ccccc1)C1CC1. The van der Waals surface area contributed by atoms with Gasteiger partial charge >= 0.3 is 0 Å². The van der Waals surface area contributed by atoms with Crippen LogP contribution < -0.4 is 4.72 Å². The van der Waals surface area contributed by atoms with E-state index >= 15 is 0 Å². The zero-order valence-electron chi connectivity index (χ0n) is 18.8. The Morgan fingerprint density at radius 3 is 2.06 bits per heavy atom. The molecule has 6 rings (SSSR count). The summed E-state index contributed by atoms with van der Waals surface area (Å²) in [6.45, 7) is 5.63. The summed E-state index contributed by atoms with van der Waals surface area (Å²) in [6, 6.07) is 17.5. The number of hydrogen-bond acceptors (Lipinski definition) is 4. The molecule has 0 bridgehead atoms. The van der Waals surface area contributed by atoms with Crippen LogP contribution in [0.3, 0.4) is 0 Å². The Morgan fingerprint density at radius 2 is 1.53 bits per heavy atom. The number of aliphatic hydroxyl groups is 1. The third-order valence-electron chi connectivity index (χ3n) is 7.59. The van der Waals surface area contributed by atoms with Crippen LogP contribution in [0.2, 0.25) is 0 Å². The van der Waals surface area contributed by atoms with Gasteiger partial charge in [-0.1, -0.05) is 55.8 Å². The smallest absolute Gasteiger partial charge is 0.235 e. The minimum atomic E-state index is -3.09. The first kappa shape index (κ1) is 21.9. The topological polar surface area (TPSA) is 69.6 Å². The Kier molecular flexibility index (Phi) is 5.81. The van der Waals surface area contributed by atoms with E-state index in [0.29, 0.717) is 5.69 Å². The van der Waals surface area contributed by atoms with Crippen LogP contribution in [-0.2, 0) is 22.9 Å². The summed E-state index contributed by atoms with van der Waals surface area (Å²) < 4.78 is 25.5. The van der Waals surface area contributed by atoms with E-state index in [-0.39, 0.29) is 5.25 Å². The molecular weight excluding hydrogens is 420 g/mol. The van der Waals surface area contributed by atoms with Crippen molar-refractivity contribution in [1.82, 2.24) is 4.90 Å². The molecule has 5 nitrogen and oxygen atoms in total. The highest BCUT2D eigenvalue weighted by molar-refractivity contribution is 7.93. The number of fused-ring (bicyclic) bond motifs is 2. The average Bonchev–Trinajstić information content (AvgIpc) is 3.65. The Hall–Kier alpha value is -1.89. The van der Waals surface area contributed by atoms with Gasteiger partial charge in [-0.2, -0.15) is 0 Å². The van der Waals surface area contributed by atoms with Crippen molar-refractivity contribution in [2.24, 2.45) is 17.8 Å². The number of sulfonamides is 1. The molecule has 6 heteroatoms. The van der Waals surface area contributed by atoms with E-state index < -0.39 is 15.6 Å². The minimum Gasteiger partial charge on any atom is -0.388 e. The first-order valence-corrected chi connectivity index (χ1v) is 13.5. The lowest BCUT2D eigenvalue weighted by atomic mass is 9.99. The zero-order chi connectivity index (χ0) is 22.3. The predicted molar refractivity (Wildman–Crippen MR) is 128 cm³/mol. The monoisotopic (exact) mass is 454 g/mol. The van der Waals surface area contributed by atoms with E-state index in [0.717, 1.165) is 50.0 Å². The largest absolute Gasteiger partial charge is 0.388 e. The first-order valence-electron chi connectivity index (χ1n) is 11.9. The molecule has 0 aromatic heterocycles. The lowest BCUT2D eigenvalue weighted by Crippen LogP contribution is -2.44. The molecule has 32 heavy (non-hydrogen) atoms. The van der Waals surface area contributed by atoms with E-state index in [9.17, 15) is 13.5 Å². The number of anilines is 1. The van der Waals surface area contributed by atoms with Gasteiger partial charge in [0.05, 0.1) is 10.9 Å². The molecule has 0 amide bonds. The number of piperidine rings is 1. The van der Waals surface area contributed by atoms with Crippen molar-refractivity contribution in [3.05, 3.63) is 65.7 Å². The molecule has 0 radical (unpaired) electrons. The van der Waals surface area contributed by atoms with E-state index in [4.69, 9.17) is 0 Å². The van der Waals surface area contributed by atoms with E-state index in [1.54, 1.807) is 12.1 Å². The maximum Gasteiger partial charge on any atom is 0.235 e. The van der Waals surface area contributed by atoms with Crippen molar-refractivity contribution in [2.75, 3.05) is 24.4 Å². The lowest BCUT2D eigenvalue weighted by molar-refractivity contribution is 0.0146. The molecular formula is C26H34N2O3S. The number of nitrogens with zero attached hydrogens (tertiary/aromatic N) is 1. The molecule has 3 fully saturated rings. The normalized spacial score (nSPS) is 27.8. The molecule has 2 saturated carbocycles. The summed E-state index contributed by atoms with van der Waals surface area (Å²) in [5, 5.41) is 10.7. The van der Waals surface area contributed by atoms with Gasteiger partial charge in [-0.15, -0.1) is 0 Å². The van der Waals surface area contributed by atoms with Crippen LogP contribution in [0.4, 0.5) is 5.69 Å². The average molecular weight is 455 g/mol. The second kappa shape index (κ2) is 8.47. The molecule has 3 aliphatic carbocycles. The van der Waals surface area contributed by atoms with Crippen LogP contribution in [0.5, 0.6) is 0 Å². The molecule has 1 saturated heterocycles. The van der Waals surface area contributed by atoms with Crippen molar-refractivity contribution in [3.8, 4) is 0 Å². The van der Waals surface area contributed by atoms with Gasteiger partial charge in [0, 0.05) is 38.2 Å². The molecule has 172 valence electrons. The maximum absolute atomic E-state index is 11.5. The highest BCUT2D eigenvalue weighted by Gasteiger charge is 2.55. The van der Waals surface area contributed by atoms with E-state index in [1.165, 1.54) is 30.6 Å². The summed E-state index contributed by atoms with van der Waals surface area (Å²) in [5.74, 6) is 2.88. The van der Waals surface area contributed by atoms with E-state index in [2.05, 4.69) is 40.8 Å². The molecule has 2 unspecified atom stereocenters. The fourth-order valence-electron chi connectivity index (χ4n) is 5.81. The number of hydrogen-bond donors (Lipinski definition) is 2. The van der Waals surface area contributed by atoms with Gasteiger partial charge in [-0.05, 0) is 53.9 Å². The highest BCUT2D eigenvalue weighted by Crippen LogP contribution is 2.53. The van der Waals surface area contributed by atoms with Gasteiger partial charge < -0.3 is 5.11 Å². The third kappa shape index (κ3) is 4.73. The summed E-state index contributed by atoms with van der Waals surface area (Å²) in [6.07, 6.45) is 4.61.